The number of rotatable bonds is 8. The van der Waals surface area contributed by atoms with E-state index in [0.29, 0.717) is 18.0 Å². The predicted molar refractivity (Wildman–Crippen MR) is 78.5 cm³/mol. The Morgan fingerprint density at radius 1 is 1.32 bits per heavy atom. The number of methoxy groups -OCH3 is 1. The molecule has 1 aromatic carbocycles. The molecule has 0 saturated carbocycles. The van der Waals surface area contributed by atoms with Gasteiger partial charge in [-0.25, -0.2) is 8.42 Å². The van der Waals surface area contributed by atoms with Crippen LogP contribution in [0.4, 0.5) is 0 Å². The fraction of sp³-hybridized carbons (Fsp3) is 0.417. The molecule has 0 aliphatic carbocycles. The van der Waals surface area contributed by atoms with Crippen LogP contribution in [0.1, 0.15) is 6.42 Å². The number of sulfonamides is 1. The van der Waals surface area contributed by atoms with Crippen LogP contribution in [0.25, 0.3) is 0 Å². The van der Waals surface area contributed by atoms with Gasteiger partial charge in [-0.05, 0) is 12.1 Å². The summed E-state index contributed by atoms with van der Waals surface area (Å²) in [5.41, 5.74) is 5.43. The molecule has 0 spiro atoms. The van der Waals surface area contributed by atoms with Crippen molar-refractivity contribution in [2.45, 2.75) is 11.3 Å². The van der Waals surface area contributed by atoms with Crippen LogP contribution < -0.4 is 5.73 Å². The van der Waals surface area contributed by atoms with Crippen LogP contribution in [0.5, 0.6) is 0 Å². The molecule has 0 unspecified atom stereocenters. The minimum atomic E-state index is -3.53. The zero-order valence-electron chi connectivity index (χ0n) is 10.8. The standard InChI is InChI=1S/C12H18N2O3S2/c1-17-10-9-14(8-7-12(13)18)19(15,16)11-5-3-2-4-6-11/h2-6H,7-10H2,1H3,(H2,13,18). The molecule has 7 heteroatoms. The highest BCUT2D eigenvalue weighted by molar-refractivity contribution is 7.89. The highest BCUT2D eigenvalue weighted by atomic mass is 32.2. The van der Waals surface area contributed by atoms with Gasteiger partial charge in [0.05, 0.1) is 16.5 Å². The van der Waals surface area contributed by atoms with Crippen LogP contribution in [0.15, 0.2) is 35.2 Å². The summed E-state index contributed by atoms with van der Waals surface area (Å²) in [4.78, 5) is 0.555. The molecule has 0 saturated heterocycles. The van der Waals surface area contributed by atoms with Crippen LogP contribution in [0.3, 0.4) is 0 Å². The fourth-order valence-corrected chi connectivity index (χ4v) is 3.06. The summed E-state index contributed by atoms with van der Waals surface area (Å²) < 4.78 is 31.2. The first-order valence-corrected chi connectivity index (χ1v) is 7.65. The molecule has 0 radical (unpaired) electrons. The maximum atomic E-state index is 12.4. The molecule has 0 fully saturated rings. The molecule has 0 heterocycles. The highest BCUT2D eigenvalue weighted by Gasteiger charge is 2.23. The van der Waals surface area contributed by atoms with Crippen molar-refractivity contribution in [2.75, 3.05) is 26.8 Å². The molecule has 2 N–H and O–H groups in total. The molecule has 0 aliphatic heterocycles. The zero-order valence-corrected chi connectivity index (χ0v) is 12.4. The molecule has 0 aromatic heterocycles. The van der Waals surface area contributed by atoms with Gasteiger partial charge < -0.3 is 10.5 Å². The van der Waals surface area contributed by atoms with Crippen LogP contribution in [-0.4, -0.2) is 44.5 Å². The molecule has 0 atom stereocenters. The van der Waals surface area contributed by atoms with E-state index in [1.807, 2.05) is 0 Å². The van der Waals surface area contributed by atoms with Gasteiger partial charge in [0.1, 0.15) is 0 Å². The summed E-state index contributed by atoms with van der Waals surface area (Å²) in [5.74, 6) is 0. The van der Waals surface area contributed by atoms with Crippen molar-refractivity contribution >= 4 is 27.2 Å². The van der Waals surface area contributed by atoms with Gasteiger partial charge in [-0.15, -0.1) is 0 Å². The SMILES string of the molecule is COCCN(CCC(N)=S)S(=O)(=O)c1ccccc1. The molecule has 5 nitrogen and oxygen atoms in total. The number of ether oxygens (including phenoxy) is 1. The van der Waals surface area contributed by atoms with Gasteiger partial charge in [0.25, 0.3) is 0 Å². The maximum absolute atomic E-state index is 12.4. The summed E-state index contributed by atoms with van der Waals surface area (Å²) in [6, 6.07) is 8.28. The molecule has 0 amide bonds. The fourth-order valence-electron chi connectivity index (χ4n) is 1.52. The molecular weight excluding hydrogens is 284 g/mol. The van der Waals surface area contributed by atoms with Crippen molar-refractivity contribution in [3.05, 3.63) is 30.3 Å². The van der Waals surface area contributed by atoms with E-state index in [4.69, 9.17) is 22.7 Å². The molecular formula is C12H18N2O3S2. The van der Waals surface area contributed by atoms with Gasteiger partial charge in [-0.3, -0.25) is 0 Å². The number of hydrogen-bond donors (Lipinski definition) is 1. The van der Waals surface area contributed by atoms with Crippen molar-refractivity contribution in [3.63, 3.8) is 0 Å². The van der Waals surface area contributed by atoms with Gasteiger partial charge >= 0.3 is 0 Å². The van der Waals surface area contributed by atoms with Gasteiger partial charge in [-0.2, -0.15) is 4.31 Å². The largest absolute Gasteiger partial charge is 0.393 e. The lowest BCUT2D eigenvalue weighted by atomic mass is 10.4. The van der Waals surface area contributed by atoms with E-state index in [9.17, 15) is 8.42 Å². The van der Waals surface area contributed by atoms with E-state index in [0.717, 1.165) is 0 Å². The summed E-state index contributed by atoms with van der Waals surface area (Å²) in [6.07, 6.45) is 0.352. The zero-order chi connectivity index (χ0) is 14.3. The lowest BCUT2D eigenvalue weighted by Gasteiger charge is -2.21. The number of hydrogen-bond acceptors (Lipinski definition) is 4. The summed E-state index contributed by atoms with van der Waals surface area (Å²) in [6.45, 7) is 0.857. The Kier molecular flexibility index (Phi) is 6.36. The van der Waals surface area contributed by atoms with Gasteiger partial charge in [0.15, 0.2) is 0 Å². The maximum Gasteiger partial charge on any atom is 0.243 e. The molecule has 1 aromatic rings. The van der Waals surface area contributed by atoms with Crippen molar-refractivity contribution in [3.8, 4) is 0 Å². The van der Waals surface area contributed by atoms with Gasteiger partial charge in [-0.1, -0.05) is 30.4 Å². The third-order valence-electron chi connectivity index (χ3n) is 2.53. The third kappa shape index (κ3) is 4.87. The number of nitrogens with zero attached hydrogens (tertiary/aromatic N) is 1. The third-order valence-corrected chi connectivity index (χ3v) is 4.65. The minimum absolute atomic E-state index is 0.258. The molecule has 1 rings (SSSR count). The summed E-state index contributed by atoms with van der Waals surface area (Å²) in [5, 5.41) is 0. The van der Waals surface area contributed by atoms with Crippen LogP contribution in [0, 0.1) is 0 Å². The van der Waals surface area contributed by atoms with Crippen LogP contribution >= 0.6 is 12.2 Å². The number of nitrogens with two attached hydrogens (primary N) is 1. The summed E-state index contributed by atoms with van der Waals surface area (Å²) in [7, 11) is -2.00. The van der Waals surface area contributed by atoms with E-state index in [1.54, 1.807) is 30.3 Å². The minimum Gasteiger partial charge on any atom is -0.393 e. The molecule has 106 valence electrons. The lowest BCUT2D eigenvalue weighted by molar-refractivity contribution is 0.179. The van der Waals surface area contributed by atoms with Crippen molar-refractivity contribution in [1.29, 1.82) is 0 Å². The number of benzene rings is 1. The van der Waals surface area contributed by atoms with Crippen LogP contribution in [0.2, 0.25) is 0 Å². The van der Waals surface area contributed by atoms with E-state index in [2.05, 4.69) is 0 Å². The highest BCUT2D eigenvalue weighted by Crippen LogP contribution is 2.15. The Hall–Kier alpha value is -1.02. The van der Waals surface area contributed by atoms with Crippen molar-refractivity contribution < 1.29 is 13.2 Å². The predicted octanol–water partition coefficient (Wildman–Crippen LogP) is 1.000. The molecule has 0 aliphatic rings. The first-order valence-electron chi connectivity index (χ1n) is 5.81. The normalized spacial score (nSPS) is 11.7. The van der Waals surface area contributed by atoms with Gasteiger partial charge in [0, 0.05) is 26.6 Å². The topological polar surface area (TPSA) is 72.6 Å². The Morgan fingerprint density at radius 3 is 2.47 bits per heavy atom. The van der Waals surface area contributed by atoms with E-state index in [-0.39, 0.29) is 18.0 Å². The second kappa shape index (κ2) is 7.54. The second-order valence-corrected chi connectivity index (χ2v) is 6.39. The quantitative estimate of drug-likeness (QED) is 0.725. The first kappa shape index (κ1) is 16.0. The monoisotopic (exact) mass is 302 g/mol. The van der Waals surface area contributed by atoms with E-state index in [1.165, 1.54) is 11.4 Å². The average Bonchev–Trinajstić information content (AvgIpc) is 2.39. The van der Waals surface area contributed by atoms with Crippen LogP contribution in [-0.2, 0) is 14.8 Å². The molecule has 0 bridgehead atoms. The second-order valence-electron chi connectivity index (χ2n) is 3.93. The average molecular weight is 302 g/mol. The van der Waals surface area contributed by atoms with E-state index < -0.39 is 10.0 Å². The summed E-state index contributed by atoms with van der Waals surface area (Å²) >= 11 is 4.79. The Morgan fingerprint density at radius 2 is 1.95 bits per heavy atom. The number of thiocarbonyl (C=S) groups is 1. The van der Waals surface area contributed by atoms with Crippen molar-refractivity contribution in [2.24, 2.45) is 5.73 Å². The first-order chi connectivity index (χ1) is 8.98. The van der Waals surface area contributed by atoms with E-state index >= 15 is 0 Å². The molecule has 19 heavy (non-hydrogen) atoms. The lowest BCUT2D eigenvalue weighted by Crippen LogP contribution is -2.36. The Labute approximate surface area is 119 Å². The van der Waals surface area contributed by atoms with Crippen molar-refractivity contribution in [1.82, 2.24) is 4.31 Å². The van der Waals surface area contributed by atoms with Gasteiger partial charge in [0.2, 0.25) is 10.0 Å². The smallest absolute Gasteiger partial charge is 0.243 e. The Bertz CT molecular complexity index is 503. The Balaban J connectivity index is 2.91.